The van der Waals surface area contributed by atoms with Gasteiger partial charge in [-0.25, -0.2) is 4.98 Å². The predicted molar refractivity (Wildman–Crippen MR) is 61.9 cm³/mol. The molecule has 0 spiro atoms. The summed E-state index contributed by atoms with van der Waals surface area (Å²) < 4.78 is 0. The summed E-state index contributed by atoms with van der Waals surface area (Å²) in [6.07, 6.45) is 2.07. The molecule has 4 nitrogen and oxygen atoms in total. The summed E-state index contributed by atoms with van der Waals surface area (Å²) >= 11 is 1.62. The van der Waals surface area contributed by atoms with Crippen LogP contribution < -0.4 is 5.73 Å². The fourth-order valence-corrected chi connectivity index (χ4v) is 2.01. The third-order valence-corrected chi connectivity index (χ3v) is 3.01. The molecule has 15 heavy (non-hydrogen) atoms. The topological polar surface area (TPSA) is 59.2 Å². The summed E-state index contributed by atoms with van der Waals surface area (Å²) in [6.45, 7) is 0.629. The van der Waals surface area contributed by atoms with Gasteiger partial charge in [-0.2, -0.15) is 0 Å². The number of carbonyl (C=O) groups is 1. The van der Waals surface area contributed by atoms with E-state index in [0.717, 1.165) is 23.5 Å². The minimum atomic E-state index is 0.142. The molecular weight excluding hydrogens is 210 g/mol. The predicted octanol–water partition coefficient (Wildman–Crippen LogP) is 0.665. The summed E-state index contributed by atoms with van der Waals surface area (Å²) in [4.78, 5) is 17.3. The summed E-state index contributed by atoms with van der Waals surface area (Å²) in [5.41, 5.74) is 6.44. The Morgan fingerprint density at radius 1 is 1.53 bits per heavy atom. The number of hydrogen-bond acceptors (Lipinski definition) is 4. The number of amides is 1. The minimum Gasteiger partial charge on any atom is -0.349 e. The molecule has 0 unspecified atom stereocenters. The molecule has 1 rings (SSSR count). The van der Waals surface area contributed by atoms with Gasteiger partial charge in [-0.1, -0.05) is 0 Å². The zero-order chi connectivity index (χ0) is 11.3. The largest absolute Gasteiger partial charge is 0.349 e. The number of aromatic nitrogens is 1. The highest BCUT2D eigenvalue weighted by molar-refractivity contribution is 7.09. The van der Waals surface area contributed by atoms with Gasteiger partial charge in [-0.15, -0.1) is 11.3 Å². The van der Waals surface area contributed by atoms with E-state index >= 15 is 0 Å². The Morgan fingerprint density at radius 3 is 2.87 bits per heavy atom. The van der Waals surface area contributed by atoms with E-state index < -0.39 is 0 Å². The zero-order valence-corrected chi connectivity index (χ0v) is 10.0. The maximum atomic E-state index is 11.3. The van der Waals surface area contributed by atoms with Gasteiger partial charge in [0.1, 0.15) is 0 Å². The van der Waals surface area contributed by atoms with Crippen molar-refractivity contribution in [2.24, 2.45) is 5.73 Å². The van der Waals surface area contributed by atoms with Crippen molar-refractivity contribution in [3.63, 3.8) is 0 Å². The first-order chi connectivity index (χ1) is 7.13. The number of nitrogens with two attached hydrogens (primary N) is 1. The van der Waals surface area contributed by atoms with Gasteiger partial charge in [-0.3, -0.25) is 4.79 Å². The van der Waals surface area contributed by atoms with Gasteiger partial charge in [-0.05, 0) is 13.0 Å². The molecular formula is C10H17N3OS. The average Bonchev–Trinajstić information content (AvgIpc) is 2.62. The smallest absolute Gasteiger partial charge is 0.222 e. The lowest BCUT2D eigenvalue weighted by molar-refractivity contribution is -0.128. The number of nitrogens with zero attached hydrogens (tertiary/aromatic N) is 2. The highest BCUT2D eigenvalue weighted by atomic mass is 32.1. The first-order valence-corrected chi connectivity index (χ1v) is 5.85. The van der Waals surface area contributed by atoms with E-state index in [1.54, 1.807) is 30.3 Å². The van der Waals surface area contributed by atoms with Crippen LogP contribution in [0.2, 0.25) is 0 Å². The molecule has 0 fully saturated rings. The number of thiazole rings is 1. The second kappa shape index (κ2) is 5.82. The van der Waals surface area contributed by atoms with E-state index in [-0.39, 0.29) is 5.91 Å². The Bertz CT molecular complexity index is 322. The highest BCUT2D eigenvalue weighted by Gasteiger charge is 2.06. The Hall–Kier alpha value is -0.940. The van der Waals surface area contributed by atoms with Crippen LogP contribution in [-0.4, -0.2) is 36.4 Å². The quantitative estimate of drug-likeness (QED) is 0.804. The molecule has 0 saturated heterocycles. The van der Waals surface area contributed by atoms with Crippen molar-refractivity contribution in [1.29, 1.82) is 0 Å². The first kappa shape index (κ1) is 12.1. The summed E-state index contributed by atoms with van der Waals surface area (Å²) in [7, 11) is 3.53. The van der Waals surface area contributed by atoms with Gasteiger partial charge in [0, 0.05) is 32.3 Å². The maximum absolute atomic E-state index is 11.3. The second-order valence-electron chi connectivity index (χ2n) is 3.56. The van der Waals surface area contributed by atoms with Crippen LogP contribution in [0.4, 0.5) is 0 Å². The molecule has 0 atom stereocenters. The van der Waals surface area contributed by atoms with Crippen LogP contribution in [0.15, 0.2) is 5.38 Å². The molecule has 0 bridgehead atoms. The number of carbonyl (C=O) groups excluding carboxylic acids is 1. The molecule has 2 N–H and O–H groups in total. The van der Waals surface area contributed by atoms with E-state index in [2.05, 4.69) is 4.98 Å². The standard InChI is InChI=1S/C10H17N3OS/c1-13(2)10(14)4-3-8-7-15-9(12-8)5-6-11/h7H,3-6,11H2,1-2H3. The molecule has 1 aromatic rings. The fraction of sp³-hybridized carbons (Fsp3) is 0.600. The van der Waals surface area contributed by atoms with Crippen LogP contribution in [0.5, 0.6) is 0 Å². The van der Waals surface area contributed by atoms with Gasteiger partial charge < -0.3 is 10.6 Å². The van der Waals surface area contributed by atoms with Gasteiger partial charge in [0.15, 0.2) is 0 Å². The first-order valence-electron chi connectivity index (χ1n) is 4.97. The van der Waals surface area contributed by atoms with Crippen molar-refractivity contribution < 1.29 is 4.79 Å². The molecule has 0 aliphatic heterocycles. The highest BCUT2D eigenvalue weighted by Crippen LogP contribution is 2.11. The summed E-state index contributed by atoms with van der Waals surface area (Å²) in [6, 6.07) is 0. The number of aryl methyl sites for hydroxylation is 1. The molecule has 1 heterocycles. The Balaban J connectivity index is 2.40. The third kappa shape index (κ3) is 3.97. The average molecular weight is 227 g/mol. The fourth-order valence-electron chi connectivity index (χ4n) is 1.16. The molecule has 0 aliphatic carbocycles. The molecule has 1 aromatic heterocycles. The summed E-state index contributed by atoms with van der Waals surface area (Å²) in [5.74, 6) is 0.142. The minimum absolute atomic E-state index is 0.142. The van der Waals surface area contributed by atoms with E-state index in [4.69, 9.17) is 5.73 Å². The van der Waals surface area contributed by atoms with E-state index in [0.29, 0.717) is 13.0 Å². The van der Waals surface area contributed by atoms with Gasteiger partial charge >= 0.3 is 0 Å². The van der Waals surface area contributed by atoms with E-state index in [1.807, 2.05) is 5.38 Å². The molecule has 0 aliphatic rings. The van der Waals surface area contributed by atoms with Gasteiger partial charge in [0.2, 0.25) is 5.91 Å². The van der Waals surface area contributed by atoms with E-state index in [1.165, 1.54) is 0 Å². The Morgan fingerprint density at radius 2 is 2.27 bits per heavy atom. The van der Waals surface area contributed by atoms with Crippen molar-refractivity contribution in [3.05, 3.63) is 16.1 Å². The van der Waals surface area contributed by atoms with E-state index in [9.17, 15) is 4.79 Å². The molecule has 0 aromatic carbocycles. The normalized spacial score (nSPS) is 10.3. The molecule has 5 heteroatoms. The monoisotopic (exact) mass is 227 g/mol. The van der Waals surface area contributed by atoms with Gasteiger partial charge in [0.25, 0.3) is 0 Å². The van der Waals surface area contributed by atoms with Crippen LogP contribution in [0.1, 0.15) is 17.1 Å². The number of hydrogen-bond donors (Lipinski definition) is 1. The zero-order valence-electron chi connectivity index (χ0n) is 9.19. The molecule has 0 radical (unpaired) electrons. The van der Waals surface area contributed by atoms with Crippen LogP contribution in [-0.2, 0) is 17.6 Å². The number of rotatable bonds is 5. The van der Waals surface area contributed by atoms with Crippen LogP contribution >= 0.6 is 11.3 Å². The Kier molecular flexibility index (Phi) is 4.71. The van der Waals surface area contributed by atoms with Crippen molar-refractivity contribution in [2.45, 2.75) is 19.3 Å². The Labute approximate surface area is 94.1 Å². The van der Waals surface area contributed by atoms with Crippen molar-refractivity contribution >= 4 is 17.2 Å². The molecule has 0 saturated carbocycles. The molecule has 84 valence electrons. The van der Waals surface area contributed by atoms with Crippen LogP contribution in [0, 0.1) is 0 Å². The summed E-state index contributed by atoms with van der Waals surface area (Å²) in [5, 5.41) is 3.07. The van der Waals surface area contributed by atoms with Crippen molar-refractivity contribution in [2.75, 3.05) is 20.6 Å². The van der Waals surface area contributed by atoms with Crippen LogP contribution in [0.3, 0.4) is 0 Å². The lowest BCUT2D eigenvalue weighted by atomic mass is 10.2. The maximum Gasteiger partial charge on any atom is 0.222 e. The molecule has 1 amide bonds. The second-order valence-corrected chi connectivity index (χ2v) is 4.50. The van der Waals surface area contributed by atoms with Crippen LogP contribution in [0.25, 0.3) is 0 Å². The lowest BCUT2D eigenvalue weighted by Crippen LogP contribution is -2.21. The SMILES string of the molecule is CN(C)C(=O)CCc1csc(CCN)n1. The lowest BCUT2D eigenvalue weighted by Gasteiger charge is -2.08. The van der Waals surface area contributed by atoms with Gasteiger partial charge in [0.05, 0.1) is 10.7 Å². The van der Waals surface area contributed by atoms with Crippen molar-refractivity contribution in [1.82, 2.24) is 9.88 Å². The van der Waals surface area contributed by atoms with Crippen molar-refractivity contribution in [3.8, 4) is 0 Å². The third-order valence-electron chi connectivity index (χ3n) is 2.05.